The normalized spacial score (nSPS) is 16.2. The van der Waals surface area contributed by atoms with Crippen molar-refractivity contribution >= 4 is 27.6 Å². The predicted octanol–water partition coefficient (Wildman–Crippen LogP) is 3.72. The highest BCUT2D eigenvalue weighted by Crippen LogP contribution is 2.27. The standard InChI is InChI=1S/C18H19BrN2O3/c1-23-14-6-7-17(16(19)9-14)21-18(22)20-10-15-8-12-4-2-3-5-13(12)11-24-15/h2-7,9,15H,8,10-11H2,1H3,(H2,20,21,22)/t15-/m0/s1. The SMILES string of the molecule is COc1ccc(NC(=O)NC[C@@H]2Cc3ccccc3CO2)c(Br)c1. The van der Waals surface area contributed by atoms with Crippen LogP contribution in [-0.4, -0.2) is 25.8 Å². The number of halogens is 1. The fourth-order valence-corrected chi connectivity index (χ4v) is 3.09. The molecule has 1 heterocycles. The van der Waals surface area contributed by atoms with Crippen molar-refractivity contribution in [3.05, 3.63) is 58.1 Å². The third kappa shape index (κ3) is 4.07. The van der Waals surface area contributed by atoms with E-state index >= 15 is 0 Å². The van der Waals surface area contributed by atoms with E-state index in [0.29, 0.717) is 18.8 Å². The molecule has 2 N–H and O–H groups in total. The van der Waals surface area contributed by atoms with Crippen LogP contribution in [0.1, 0.15) is 11.1 Å². The smallest absolute Gasteiger partial charge is 0.319 e. The van der Waals surface area contributed by atoms with E-state index in [-0.39, 0.29) is 12.1 Å². The van der Waals surface area contributed by atoms with Gasteiger partial charge in [-0.2, -0.15) is 0 Å². The van der Waals surface area contributed by atoms with Gasteiger partial charge in [0.05, 0.1) is 25.5 Å². The van der Waals surface area contributed by atoms with Gasteiger partial charge < -0.3 is 20.1 Å². The van der Waals surface area contributed by atoms with Gasteiger partial charge in [-0.1, -0.05) is 24.3 Å². The van der Waals surface area contributed by atoms with Crippen LogP contribution in [0, 0.1) is 0 Å². The summed E-state index contributed by atoms with van der Waals surface area (Å²) in [5.74, 6) is 0.724. The first-order valence-electron chi connectivity index (χ1n) is 7.72. The van der Waals surface area contributed by atoms with Crippen LogP contribution in [0.15, 0.2) is 46.9 Å². The highest BCUT2D eigenvalue weighted by atomic mass is 79.9. The Labute approximate surface area is 149 Å². The van der Waals surface area contributed by atoms with E-state index in [1.807, 2.05) is 12.1 Å². The van der Waals surface area contributed by atoms with Crippen molar-refractivity contribution in [2.45, 2.75) is 19.1 Å². The predicted molar refractivity (Wildman–Crippen MR) is 96.4 cm³/mol. The second-order valence-corrected chi connectivity index (χ2v) is 6.44. The summed E-state index contributed by atoms with van der Waals surface area (Å²) >= 11 is 3.41. The number of amides is 2. The van der Waals surface area contributed by atoms with Crippen molar-refractivity contribution < 1.29 is 14.3 Å². The topological polar surface area (TPSA) is 59.6 Å². The van der Waals surface area contributed by atoms with Crippen molar-refractivity contribution in [1.82, 2.24) is 5.32 Å². The maximum Gasteiger partial charge on any atom is 0.319 e. The number of methoxy groups -OCH3 is 1. The lowest BCUT2D eigenvalue weighted by Crippen LogP contribution is -2.38. The quantitative estimate of drug-likeness (QED) is 0.835. The van der Waals surface area contributed by atoms with Crippen LogP contribution < -0.4 is 15.4 Å². The summed E-state index contributed by atoms with van der Waals surface area (Å²) in [4.78, 5) is 12.1. The monoisotopic (exact) mass is 390 g/mol. The number of carbonyl (C=O) groups is 1. The molecule has 0 aromatic heterocycles. The Hall–Kier alpha value is -2.05. The maximum absolute atomic E-state index is 12.1. The van der Waals surface area contributed by atoms with Gasteiger partial charge in [0.2, 0.25) is 0 Å². The molecular formula is C18H19BrN2O3. The zero-order valence-electron chi connectivity index (χ0n) is 13.3. The first-order chi connectivity index (χ1) is 11.7. The third-order valence-electron chi connectivity index (χ3n) is 3.96. The number of hydrogen-bond acceptors (Lipinski definition) is 3. The van der Waals surface area contributed by atoms with Crippen LogP contribution in [0.25, 0.3) is 0 Å². The largest absolute Gasteiger partial charge is 0.497 e. The molecule has 0 saturated heterocycles. The van der Waals surface area contributed by atoms with Crippen LogP contribution in [0.3, 0.4) is 0 Å². The van der Waals surface area contributed by atoms with E-state index < -0.39 is 0 Å². The van der Waals surface area contributed by atoms with Crippen molar-refractivity contribution in [3.8, 4) is 5.75 Å². The average molecular weight is 391 g/mol. The summed E-state index contributed by atoms with van der Waals surface area (Å²) in [6, 6.07) is 13.4. The molecule has 0 saturated carbocycles. The Morgan fingerprint density at radius 1 is 1.29 bits per heavy atom. The van der Waals surface area contributed by atoms with Gasteiger partial charge in [0.15, 0.2) is 0 Å². The molecule has 2 aromatic carbocycles. The van der Waals surface area contributed by atoms with Crippen molar-refractivity contribution in [2.75, 3.05) is 19.0 Å². The van der Waals surface area contributed by atoms with Gasteiger partial charge in [-0.05, 0) is 45.3 Å². The summed E-state index contributed by atoms with van der Waals surface area (Å²) < 4.78 is 11.7. The van der Waals surface area contributed by atoms with Gasteiger partial charge in [-0.25, -0.2) is 4.79 Å². The molecule has 126 valence electrons. The zero-order valence-corrected chi connectivity index (χ0v) is 14.9. The third-order valence-corrected chi connectivity index (χ3v) is 4.61. The second kappa shape index (κ2) is 7.68. The Kier molecular flexibility index (Phi) is 5.37. The van der Waals surface area contributed by atoms with Crippen molar-refractivity contribution in [3.63, 3.8) is 0 Å². The van der Waals surface area contributed by atoms with Gasteiger partial charge in [0, 0.05) is 17.4 Å². The number of benzene rings is 2. The fourth-order valence-electron chi connectivity index (χ4n) is 2.64. The maximum atomic E-state index is 12.1. The van der Waals surface area contributed by atoms with Crippen LogP contribution in [0.2, 0.25) is 0 Å². The molecule has 24 heavy (non-hydrogen) atoms. The van der Waals surface area contributed by atoms with Gasteiger partial charge in [0.1, 0.15) is 5.75 Å². The van der Waals surface area contributed by atoms with Gasteiger partial charge in [-0.3, -0.25) is 0 Å². The molecule has 1 aliphatic heterocycles. The van der Waals surface area contributed by atoms with E-state index in [1.165, 1.54) is 11.1 Å². The molecule has 3 rings (SSSR count). The number of hydrogen-bond donors (Lipinski definition) is 2. The summed E-state index contributed by atoms with van der Waals surface area (Å²) in [5.41, 5.74) is 3.19. The van der Waals surface area contributed by atoms with Crippen LogP contribution >= 0.6 is 15.9 Å². The molecule has 5 nitrogen and oxygen atoms in total. The highest BCUT2D eigenvalue weighted by molar-refractivity contribution is 9.10. The second-order valence-electron chi connectivity index (χ2n) is 5.59. The molecule has 2 amide bonds. The lowest BCUT2D eigenvalue weighted by Gasteiger charge is -2.25. The van der Waals surface area contributed by atoms with Gasteiger partial charge >= 0.3 is 6.03 Å². The lowest BCUT2D eigenvalue weighted by molar-refractivity contribution is 0.0308. The minimum Gasteiger partial charge on any atom is -0.497 e. The number of carbonyl (C=O) groups excluding carboxylic acids is 1. The number of rotatable bonds is 4. The van der Waals surface area contributed by atoms with E-state index in [9.17, 15) is 4.79 Å². The molecule has 0 fully saturated rings. The molecule has 0 radical (unpaired) electrons. The van der Waals surface area contributed by atoms with Crippen LogP contribution in [0.4, 0.5) is 10.5 Å². The van der Waals surface area contributed by atoms with E-state index in [2.05, 4.69) is 38.7 Å². The summed E-state index contributed by atoms with van der Waals surface area (Å²) in [6.07, 6.45) is 0.799. The van der Waals surface area contributed by atoms with Gasteiger partial charge in [0.25, 0.3) is 0 Å². The van der Waals surface area contributed by atoms with E-state index in [4.69, 9.17) is 9.47 Å². The summed E-state index contributed by atoms with van der Waals surface area (Å²) in [5, 5.41) is 5.67. The number of nitrogens with one attached hydrogen (secondary N) is 2. The number of fused-ring (bicyclic) bond motifs is 1. The molecule has 1 aliphatic rings. The highest BCUT2D eigenvalue weighted by Gasteiger charge is 2.19. The molecule has 2 aromatic rings. The van der Waals surface area contributed by atoms with Crippen molar-refractivity contribution in [2.24, 2.45) is 0 Å². The van der Waals surface area contributed by atoms with Crippen LogP contribution in [0.5, 0.6) is 5.75 Å². The first kappa shape index (κ1) is 16.8. The number of urea groups is 1. The van der Waals surface area contributed by atoms with Crippen molar-refractivity contribution in [1.29, 1.82) is 0 Å². The molecule has 1 atom stereocenters. The molecule has 0 unspecified atom stereocenters. The Balaban J connectivity index is 1.51. The minimum absolute atomic E-state index is 0.00930. The average Bonchev–Trinajstić information content (AvgIpc) is 2.61. The molecular weight excluding hydrogens is 372 g/mol. The van der Waals surface area contributed by atoms with Gasteiger partial charge in [-0.15, -0.1) is 0 Å². The molecule has 0 aliphatic carbocycles. The first-order valence-corrected chi connectivity index (χ1v) is 8.52. The molecule has 0 spiro atoms. The zero-order chi connectivity index (χ0) is 16.9. The van der Waals surface area contributed by atoms with E-state index in [0.717, 1.165) is 16.6 Å². The number of ether oxygens (including phenoxy) is 2. The Morgan fingerprint density at radius 2 is 2.08 bits per heavy atom. The Bertz CT molecular complexity index is 736. The minimum atomic E-state index is -0.261. The van der Waals surface area contributed by atoms with E-state index in [1.54, 1.807) is 25.3 Å². The molecule has 0 bridgehead atoms. The summed E-state index contributed by atoms with van der Waals surface area (Å²) in [7, 11) is 1.60. The lowest BCUT2D eigenvalue weighted by atomic mass is 9.99. The summed E-state index contributed by atoms with van der Waals surface area (Å²) in [6.45, 7) is 1.06. The molecule has 6 heteroatoms. The fraction of sp³-hybridized carbons (Fsp3) is 0.278. The number of anilines is 1. The van der Waals surface area contributed by atoms with Crippen LogP contribution in [-0.2, 0) is 17.8 Å². The Morgan fingerprint density at radius 3 is 2.83 bits per heavy atom.